The normalized spacial score (nSPS) is 17.4. The Morgan fingerprint density at radius 3 is 2.48 bits per heavy atom. The van der Waals surface area contributed by atoms with Crippen LogP contribution in [0.15, 0.2) is 12.1 Å². The highest BCUT2D eigenvalue weighted by molar-refractivity contribution is 5.55. The zero-order valence-corrected chi connectivity index (χ0v) is 13.9. The topological polar surface area (TPSA) is 41.7 Å². The minimum atomic E-state index is 0.423. The molecule has 0 saturated carbocycles. The summed E-state index contributed by atoms with van der Waals surface area (Å²) in [7, 11) is 2.18. The molecule has 2 rings (SSSR count). The molecule has 0 amide bonds. The van der Waals surface area contributed by atoms with E-state index in [2.05, 4.69) is 42.8 Å². The molecule has 1 aliphatic heterocycles. The van der Waals surface area contributed by atoms with E-state index in [1.807, 2.05) is 6.92 Å². The van der Waals surface area contributed by atoms with Crippen LogP contribution in [0.1, 0.15) is 30.9 Å². The maximum absolute atomic E-state index is 6.05. The van der Waals surface area contributed by atoms with Gasteiger partial charge in [-0.05, 0) is 43.1 Å². The minimum Gasteiger partial charge on any atom is -0.492 e. The van der Waals surface area contributed by atoms with E-state index in [0.29, 0.717) is 5.92 Å². The maximum atomic E-state index is 6.05. The molecule has 0 aromatic heterocycles. The smallest absolute Gasteiger partial charge is 0.123 e. The van der Waals surface area contributed by atoms with Gasteiger partial charge in [0.05, 0.1) is 0 Å². The van der Waals surface area contributed by atoms with E-state index in [1.165, 1.54) is 5.56 Å². The van der Waals surface area contributed by atoms with E-state index >= 15 is 0 Å². The average molecular weight is 291 g/mol. The molecule has 118 valence electrons. The number of nitrogens with two attached hydrogens (primary N) is 1. The van der Waals surface area contributed by atoms with Gasteiger partial charge in [-0.3, -0.25) is 4.90 Å². The van der Waals surface area contributed by atoms with Crippen molar-refractivity contribution in [1.29, 1.82) is 0 Å². The Kier molecular flexibility index (Phi) is 5.48. The van der Waals surface area contributed by atoms with Crippen molar-refractivity contribution in [2.75, 3.05) is 52.1 Å². The Hall–Kier alpha value is -1.26. The van der Waals surface area contributed by atoms with Crippen LogP contribution in [0.25, 0.3) is 0 Å². The number of hydrogen-bond donors (Lipinski definition) is 1. The zero-order valence-electron chi connectivity index (χ0n) is 13.9. The molecule has 0 radical (unpaired) electrons. The van der Waals surface area contributed by atoms with Gasteiger partial charge in [-0.2, -0.15) is 0 Å². The van der Waals surface area contributed by atoms with Gasteiger partial charge in [0, 0.05) is 38.4 Å². The van der Waals surface area contributed by atoms with Gasteiger partial charge < -0.3 is 15.4 Å². The molecule has 1 aliphatic rings. The van der Waals surface area contributed by atoms with E-state index in [-0.39, 0.29) is 0 Å². The largest absolute Gasteiger partial charge is 0.492 e. The third-order valence-electron chi connectivity index (χ3n) is 4.28. The second-order valence-electron chi connectivity index (χ2n) is 6.39. The molecule has 0 aliphatic carbocycles. The van der Waals surface area contributed by atoms with Gasteiger partial charge in [-0.15, -0.1) is 0 Å². The third-order valence-corrected chi connectivity index (χ3v) is 4.28. The summed E-state index contributed by atoms with van der Waals surface area (Å²) in [4.78, 5) is 4.84. The van der Waals surface area contributed by atoms with E-state index in [4.69, 9.17) is 10.5 Å². The van der Waals surface area contributed by atoms with Crippen molar-refractivity contribution in [2.24, 2.45) is 0 Å². The second kappa shape index (κ2) is 7.14. The highest BCUT2D eigenvalue weighted by Gasteiger charge is 2.14. The third kappa shape index (κ3) is 4.35. The number of ether oxygens (including phenoxy) is 1. The molecule has 4 heteroatoms. The molecule has 1 aromatic rings. The lowest BCUT2D eigenvalue weighted by Crippen LogP contribution is -2.45. The Morgan fingerprint density at radius 1 is 1.19 bits per heavy atom. The van der Waals surface area contributed by atoms with Crippen molar-refractivity contribution < 1.29 is 4.74 Å². The predicted octanol–water partition coefficient (Wildman–Crippen LogP) is 2.33. The summed E-state index contributed by atoms with van der Waals surface area (Å²) in [5.74, 6) is 1.41. The van der Waals surface area contributed by atoms with E-state index < -0.39 is 0 Å². The molecular weight excluding hydrogens is 262 g/mol. The number of benzene rings is 1. The van der Waals surface area contributed by atoms with Crippen molar-refractivity contribution in [3.05, 3.63) is 23.3 Å². The highest BCUT2D eigenvalue weighted by Crippen LogP contribution is 2.30. The summed E-state index contributed by atoms with van der Waals surface area (Å²) in [6, 6.07) is 4.14. The minimum absolute atomic E-state index is 0.423. The van der Waals surface area contributed by atoms with Crippen LogP contribution in [0.2, 0.25) is 0 Å². The lowest BCUT2D eigenvalue weighted by Gasteiger charge is -2.32. The van der Waals surface area contributed by atoms with Gasteiger partial charge in [0.1, 0.15) is 12.4 Å². The van der Waals surface area contributed by atoms with Crippen molar-refractivity contribution in [3.8, 4) is 5.75 Å². The van der Waals surface area contributed by atoms with Gasteiger partial charge in [0.25, 0.3) is 0 Å². The van der Waals surface area contributed by atoms with Gasteiger partial charge in [-0.25, -0.2) is 0 Å². The molecule has 1 fully saturated rings. The standard InChI is InChI=1S/C17H29N3O/c1-13(2)15-12-16(18)14(3)11-17(15)21-10-9-20-7-5-19(4)6-8-20/h11-13H,5-10,18H2,1-4H3. The first-order valence-electron chi connectivity index (χ1n) is 7.91. The fraction of sp³-hybridized carbons (Fsp3) is 0.647. The number of piperazine rings is 1. The monoisotopic (exact) mass is 291 g/mol. The number of anilines is 1. The number of hydrogen-bond acceptors (Lipinski definition) is 4. The molecule has 0 unspecified atom stereocenters. The Labute approximate surface area is 128 Å². The van der Waals surface area contributed by atoms with Crippen molar-refractivity contribution in [1.82, 2.24) is 9.80 Å². The van der Waals surface area contributed by atoms with Gasteiger partial charge in [0.2, 0.25) is 0 Å². The van der Waals surface area contributed by atoms with Crippen LogP contribution in [0.3, 0.4) is 0 Å². The molecule has 0 atom stereocenters. The van der Waals surface area contributed by atoms with Gasteiger partial charge in [-0.1, -0.05) is 13.8 Å². The maximum Gasteiger partial charge on any atom is 0.123 e. The van der Waals surface area contributed by atoms with E-state index in [0.717, 1.165) is 56.3 Å². The van der Waals surface area contributed by atoms with Crippen LogP contribution >= 0.6 is 0 Å². The average Bonchev–Trinajstić information content (AvgIpc) is 2.44. The molecule has 1 aromatic carbocycles. The fourth-order valence-electron chi connectivity index (χ4n) is 2.65. The molecule has 1 heterocycles. The van der Waals surface area contributed by atoms with E-state index in [1.54, 1.807) is 0 Å². The Morgan fingerprint density at radius 2 is 1.86 bits per heavy atom. The summed E-state index contributed by atoms with van der Waals surface area (Å²) in [5, 5.41) is 0. The van der Waals surface area contributed by atoms with Crippen LogP contribution in [0.5, 0.6) is 5.75 Å². The number of aryl methyl sites for hydroxylation is 1. The molecule has 0 bridgehead atoms. The van der Waals surface area contributed by atoms with Crippen LogP contribution in [-0.4, -0.2) is 56.2 Å². The van der Waals surface area contributed by atoms with Crippen molar-refractivity contribution in [3.63, 3.8) is 0 Å². The summed E-state index contributed by atoms with van der Waals surface area (Å²) in [6.45, 7) is 12.7. The molecule has 0 spiro atoms. The predicted molar refractivity (Wildman–Crippen MR) is 89.1 cm³/mol. The zero-order chi connectivity index (χ0) is 15.4. The molecule has 21 heavy (non-hydrogen) atoms. The highest BCUT2D eigenvalue weighted by atomic mass is 16.5. The SMILES string of the molecule is Cc1cc(OCCN2CCN(C)CC2)c(C(C)C)cc1N. The number of rotatable bonds is 5. The Balaban J connectivity index is 1.92. The summed E-state index contributed by atoms with van der Waals surface area (Å²) < 4.78 is 6.05. The van der Waals surface area contributed by atoms with E-state index in [9.17, 15) is 0 Å². The molecule has 4 nitrogen and oxygen atoms in total. The van der Waals surface area contributed by atoms with Crippen molar-refractivity contribution >= 4 is 5.69 Å². The first-order valence-corrected chi connectivity index (χ1v) is 7.91. The lowest BCUT2D eigenvalue weighted by molar-refractivity contribution is 0.133. The number of likely N-dealkylation sites (N-methyl/N-ethyl adjacent to an activating group) is 1. The molecule has 2 N–H and O–H groups in total. The first kappa shape index (κ1) is 16.1. The number of nitrogen functional groups attached to an aromatic ring is 1. The molecular formula is C17H29N3O. The summed E-state index contributed by atoms with van der Waals surface area (Å²) in [5.41, 5.74) is 9.17. The first-order chi connectivity index (χ1) is 9.97. The van der Waals surface area contributed by atoms with Crippen LogP contribution in [0.4, 0.5) is 5.69 Å². The quantitative estimate of drug-likeness (QED) is 0.846. The fourth-order valence-corrected chi connectivity index (χ4v) is 2.65. The van der Waals surface area contributed by atoms with Crippen molar-refractivity contribution in [2.45, 2.75) is 26.7 Å². The van der Waals surface area contributed by atoms with Crippen LogP contribution < -0.4 is 10.5 Å². The summed E-state index contributed by atoms with van der Waals surface area (Å²) in [6.07, 6.45) is 0. The van der Waals surface area contributed by atoms with Gasteiger partial charge in [0.15, 0.2) is 0 Å². The van der Waals surface area contributed by atoms with Gasteiger partial charge >= 0.3 is 0 Å². The second-order valence-corrected chi connectivity index (χ2v) is 6.39. The summed E-state index contributed by atoms with van der Waals surface area (Å²) >= 11 is 0. The van der Waals surface area contributed by atoms with Crippen LogP contribution in [0, 0.1) is 6.92 Å². The van der Waals surface area contributed by atoms with Crippen LogP contribution in [-0.2, 0) is 0 Å². The lowest BCUT2D eigenvalue weighted by atomic mass is 9.99. The molecule has 1 saturated heterocycles. The number of nitrogens with zero attached hydrogens (tertiary/aromatic N) is 2. The Bertz CT molecular complexity index is 465.